The lowest BCUT2D eigenvalue weighted by atomic mass is 10.0. The molecule has 2 aliphatic heterocycles. The molecule has 2 heterocycles. The summed E-state index contributed by atoms with van der Waals surface area (Å²) in [6, 6.07) is 11.9. The Kier molecular flexibility index (Phi) is 8.48. The van der Waals surface area contributed by atoms with E-state index in [0.29, 0.717) is 10.7 Å². The summed E-state index contributed by atoms with van der Waals surface area (Å²) in [6.07, 6.45) is 3.29. The number of anilines is 1. The fourth-order valence-corrected chi connectivity index (χ4v) is 4.62. The van der Waals surface area contributed by atoms with Gasteiger partial charge in [-0.2, -0.15) is 0 Å². The van der Waals surface area contributed by atoms with Gasteiger partial charge in [-0.25, -0.2) is 4.39 Å². The minimum atomic E-state index is -0.237. The number of rotatable bonds is 5. The molecule has 2 saturated heterocycles. The van der Waals surface area contributed by atoms with Gasteiger partial charge < -0.3 is 15.5 Å². The maximum atomic E-state index is 13.2. The zero-order valence-corrected chi connectivity index (χ0v) is 19.8. The predicted molar refractivity (Wildman–Crippen MR) is 131 cm³/mol. The highest BCUT2D eigenvalue weighted by atomic mass is 35.5. The van der Waals surface area contributed by atoms with Crippen molar-refractivity contribution < 1.29 is 14.0 Å². The summed E-state index contributed by atoms with van der Waals surface area (Å²) >= 11 is 6.05. The first kappa shape index (κ1) is 25.2. The quantitative estimate of drug-likeness (QED) is 0.626. The molecular weight excluding hydrogens is 466 g/mol. The molecule has 2 atom stereocenters. The van der Waals surface area contributed by atoms with Crippen molar-refractivity contribution in [2.24, 2.45) is 0 Å². The Balaban J connectivity index is 0.00000306. The highest BCUT2D eigenvalue weighted by Crippen LogP contribution is 2.24. The van der Waals surface area contributed by atoms with E-state index < -0.39 is 0 Å². The highest BCUT2D eigenvalue weighted by molar-refractivity contribution is 6.31. The molecule has 2 fully saturated rings. The molecule has 2 aromatic carbocycles. The fourth-order valence-electron chi connectivity index (χ4n) is 4.44. The number of amides is 2. The van der Waals surface area contributed by atoms with Gasteiger partial charge in [0.15, 0.2) is 0 Å². The highest BCUT2D eigenvalue weighted by Gasteiger charge is 2.39. The maximum absolute atomic E-state index is 13.2. The van der Waals surface area contributed by atoms with Crippen molar-refractivity contribution in [1.29, 1.82) is 0 Å². The first-order chi connectivity index (χ1) is 15.4. The first-order valence-electron chi connectivity index (χ1n) is 10.6. The molecular formula is C24H27Cl2FN4O2. The topological polar surface area (TPSA) is 64.7 Å². The average Bonchev–Trinajstić information content (AvgIpc) is 2.73. The smallest absolute Gasteiger partial charge is 0.247 e. The van der Waals surface area contributed by atoms with Gasteiger partial charge >= 0.3 is 0 Å². The molecule has 2 N–H and O–H groups in total. The molecule has 0 spiro atoms. The van der Waals surface area contributed by atoms with Crippen LogP contribution < -0.4 is 10.6 Å². The van der Waals surface area contributed by atoms with E-state index in [-0.39, 0.29) is 42.1 Å². The van der Waals surface area contributed by atoms with E-state index in [1.54, 1.807) is 30.4 Å². The number of benzene rings is 2. The van der Waals surface area contributed by atoms with Crippen LogP contribution in [0.3, 0.4) is 0 Å². The average molecular weight is 493 g/mol. The second kappa shape index (κ2) is 11.1. The van der Waals surface area contributed by atoms with Crippen LogP contribution in [0.25, 0.3) is 6.08 Å². The zero-order valence-electron chi connectivity index (χ0n) is 18.3. The third-order valence-corrected chi connectivity index (χ3v) is 6.03. The number of piperazine rings is 2. The van der Waals surface area contributed by atoms with Crippen molar-refractivity contribution >= 4 is 47.6 Å². The lowest BCUT2D eigenvalue weighted by Crippen LogP contribution is -2.68. The third kappa shape index (κ3) is 6.32. The summed E-state index contributed by atoms with van der Waals surface area (Å²) in [5, 5.41) is 6.68. The summed E-state index contributed by atoms with van der Waals surface area (Å²) in [4.78, 5) is 28.9. The minimum absolute atomic E-state index is 0. The minimum Gasteiger partial charge on any atom is -0.328 e. The molecule has 0 aromatic heterocycles. The summed E-state index contributed by atoms with van der Waals surface area (Å²) in [7, 11) is 0. The maximum Gasteiger partial charge on any atom is 0.247 e. The van der Waals surface area contributed by atoms with Gasteiger partial charge in [-0.15, -0.1) is 12.4 Å². The van der Waals surface area contributed by atoms with E-state index in [1.165, 1.54) is 19.1 Å². The summed E-state index contributed by atoms with van der Waals surface area (Å²) in [5.74, 6) is -0.489. The van der Waals surface area contributed by atoms with Crippen LogP contribution in [0.15, 0.2) is 48.5 Å². The monoisotopic (exact) mass is 492 g/mol. The third-order valence-electron chi connectivity index (χ3n) is 5.79. The van der Waals surface area contributed by atoms with Crippen molar-refractivity contribution in [2.75, 3.05) is 31.5 Å². The number of nitrogens with zero attached hydrogens (tertiary/aromatic N) is 2. The molecule has 33 heavy (non-hydrogen) atoms. The number of carbonyl (C=O) groups excluding carboxylic acids is 2. The van der Waals surface area contributed by atoms with Crippen molar-refractivity contribution in [3.05, 3.63) is 70.5 Å². The molecule has 0 saturated carbocycles. The van der Waals surface area contributed by atoms with Gasteiger partial charge in [0.1, 0.15) is 5.82 Å². The van der Waals surface area contributed by atoms with Gasteiger partial charge in [0.05, 0.1) is 12.1 Å². The normalized spacial score (nSPS) is 20.4. The number of hydrogen-bond donors (Lipinski definition) is 2. The molecule has 0 aliphatic carbocycles. The number of hydrogen-bond acceptors (Lipinski definition) is 4. The molecule has 2 unspecified atom stereocenters. The van der Waals surface area contributed by atoms with Crippen LogP contribution in [-0.2, 0) is 16.1 Å². The van der Waals surface area contributed by atoms with Crippen LogP contribution in [0.1, 0.15) is 18.1 Å². The Morgan fingerprint density at radius 2 is 1.82 bits per heavy atom. The van der Waals surface area contributed by atoms with E-state index in [1.807, 2.05) is 17.0 Å². The van der Waals surface area contributed by atoms with E-state index in [4.69, 9.17) is 11.6 Å². The van der Waals surface area contributed by atoms with Crippen LogP contribution in [0, 0.1) is 5.82 Å². The first-order valence-corrected chi connectivity index (χ1v) is 11.0. The number of carbonyl (C=O) groups is 2. The molecule has 0 radical (unpaired) electrons. The standard InChI is InChI=1S/C24H26ClFN4O2.ClH/c1-16(31)28-23-10-19(25)6-4-18(23)5-9-24(32)30-21-11-27-12-22(30)15-29(14-21)13-17-2-7-20(26)8-3-17;/h2-10,21-22,27H,11-15H2,1H3,(H,28,31);1H/b9-5+;. The van der Waals surface area contributed by atoms with Crippen LogP contribution in [0.2, 0.25) is 5.02 Å². The Morgan fingerprint density at radius 3 is 2.45 bits per heavy atom. The molecule has 2 aliphatic rings. The summed E-state index contributed by atoms with van der Waals surface area (Å²) in [5.41, 5.74) is 2.35. The van der Waals surface area contributed by atoms with Crippen LogP contribution in [-0.4, -0.2) is 59.9 Å². The molecule has 6 nitrogen and oxygen atoms in total. The van der Waals surface area contributed by atoms with E-state index in [0.717, 1.165) is 43.9 Å². The van der Waals surface area contributed by atoms with Gasteiger partial charge in [-0.05, 0) is 41.5 Å². The van der Waals surface area contributed by atoms with E-state index in [9.17, 15) is 14.0 Å². The van der Waals surface area contributed by atoms with Gasteiger partial charge in [-0.3, -0.25) is 14.5 Å². The largest absolute Gasteiger partial charge is 0.328 e. The Bertz CT molecular complexity index is 1020. The Hall–Kier alpha value is -2.45. The Morgan fingerprint density at radius 1 is 1.15 bits per heavy atom. The van der Waals surface area contributed by atoms with Crippen molar-refractivity contribution in [3.63, 3.8) is 0 Å². The van der Waals surface area contributed by atoms with Gasteiger partial charge in [0, 0.05) is 56.4 Å². The second-order valence-corrected chi connectivity index (χ2v) is 8.71. The molecule has 2 aromatic rings. The van der Waals surface area contributed by atoms with Crippen molar-refractivity contribution in [2.45, 2.75) is 25.6 Å². The van der Waals surface area contributed by atoms with Crippen molar-refractivity contribution in [1.82, 2.24) is 15.1 Å². The molecule has 9 heteroatoms. The van der Waals surface area contributed by atoms with Crippen LogP contribution >= 0.6 is 24.0 Å². The Labute approximate surface area is 204 Å². The molecule has 2 amide bonds. The molecule has 2 bridgehead atoms. The van der Waals surface area contributed by atoms with Crippen LogP contribution in [0.5, 0.6) is 0 Å². The number of halogens is 3. The zero-order chi connectivity index (χ0) is 22.7. The van der Waals surface area contributed by atoms with E-state index in [2.05, 4.69) is 15.5 Å². The summed E-state index contributed by atoms with van der Waals surface area (Å²) < 4.78 is 13.2. The van der Waals surface area contributed by atoms with Crippen molar-refractivity contribution in [3.8, 4) is 0 Å². The predicted octanol–water partition coefficient (Wildman–Crippen LogP) is 3.56. The lowest BCUT2D eigenvalue weighted by molar-refractivity contribution is -0.136. The van der Waals surface area contributed by atoms with E-state index >= 15 is 0 Å². The number of fused-ring (bicyclic) bond motifs is 2. The van der Waals surface area contributed by atoms with Gasteiger partial charge in [-0.1, -0.05) is 29.8 Å². The van der Waals surface area contributed by atoms with Gasteiger partial charge in [0.25, 0.3) is 0 Å². The molecule has 4 rings (SSSR count). The molecule has 176 valence electrons. The van der Waals surface area contributed by atoms with Crippen LogP contribution in [0.4, 0.5) is 10.1 Å². The second-order valence-electron chi connectivity index (χ2n) is 8.28. The van der Waals surface area contributed by atoms with Gasteiger partial charge in [0.2, 0.25) is 11.8 Å². The summed E-state index contributed by atoms with van der Waals surface area (Å²) in [6.45, 7) is 5.12. The SMILES string of the molecule is CC(=O)Nc1cc(Cl)ccc1/C=C/C(=O)N1C2CNCC1CN(Cc1ccc(F)cc1)C2.Cl. The fraction of sp³-hybridized carbons (Fsp3) is 0.333. The number of nitrogens with one attached hydrogen (secondary N) is 2. The lowest BCUT2D eigenvalue weighted by Gasteiger charge is -2.50.